The highest BCUT2D eigenvalue weighted by molar-refractivity contribution is 6.07. The van der Waals surface area contributed by atoms with Crippen LogP contribution in [0, 0.1) is 11.8 Å². The second-order valence-electron chi connectivity index (χ2n) is 5.81. The zero-order valence-corrected chi connectivity index (χ0v) is 10.4. The van der Waals surface area contributed by atoms with Crippen LogP contribution >= 0.6 is 0 Å². The Bertz CT molecular complexity index is 397. The van der Waals surface area contributed by atoms with Gasteiger partial charge in [0.15, 0.2) is 6.10 Å². The van der Waals surface area contributed by atoms with Crippen LogP contribution in [0.4, 0.5) is 0 Å². The molecule has 0 bridgehead atoms. The zero-order chi connectivity index (χ0) is 12.4. The normalized spacial score (nSPS) is 49.5. The summed E-state index contributed by atoms with van der Waals surface area (Å²) in [4.78, 5) is 25.2. The Balaban J connectivity index is 1.95. The van der Waals surface area contributed by atoms with Gasteiger partial charge in [0.2, 0.25) is 5.91 Å². The molecule has 0 radical (unpaired) electrons. The molecule has 3 fully saturated rings. The Morgan fingerprint density at radius 3 is 2.82 bits per heavy atom. The first-order valence-corrected chi connectivity index (χ1v) is 6.16. The lowest BCUT2D eigenvalue weighted by molar-refractivity contribution is -0.147. The van der Waals surface area contributed by atoms with Crippen molar-refractivity contribution in [2.45, 2.75) is 38.0 Å². The van der Waals surface area contributed by atoms with Crippen molar-refractivity contribution in [3.63, 3.8) is 0 Å². The van der Waals surface area contributed by atoms with Gasteiger partial charge in [0.25, 0.3) is 5.91 Å². The fourth-order valence-corrected chi connectivity index (χ4v) is 3.60. The fourth-order valence-electron chi connectivity index (χ4n) is 3.60. The van der Waals surface area contributed by atoms with Crippen molar-refractivity contribution in [2.24, 2.45) is 11.8 Å². The van der Waals surface area contributed by atoms with Crippen LogP contribution in [0.5, 0.6) is 0 Å². The number of imide groups is 1. The molecule has 0 saturated carbocycles. The molecule has 5 atom stereocenters. The first-order chi connectivity index (χ1) is 7.94. The van der Waals surface area contributed by atoms with Gasteiger partial charge in [-0.3, -0.25) is 14.5 Å². The number of nitrogens with one attached hydrogen (secondary N) is 1. The molecular formula is C12H18N2O3. The predicted molar refractivity (Wildman–Crippen MR) is 60.1 cm³/mol. The SMILES string of the molecule is CC1CN[C@H]2[C@H]3C(=O)N(C)C(=O)[C@H]3O[C@@]2(C)C1. The summed E-state index contributed by atoms with van der Waals surface area (Å²) in [5.74, 6) is -0.108. The number of nitrogens with zero attached hydrogens (tertiary/aromatic N) is 1. The van der Waals surface area contributed by atoms with E-state index >= 15 is 0 Å². The van der Waals surface area contributed by atoms with Crippen LogP contribution in [-0.4, -0.2) is 48.1 Å². The molecule has 0 aromatic heterocycles. The molecule has 2 amide bonds. The van der Waals surface area contributed by atoms with Crippen molar-refractivity contribution in [2.75, 3.05) is 13.6 Å². The summed E-state index contributed by atoms with van der Waals surface area (Å²) in [6.07, 6.45) is 0.336. The second kappa shape index (κ2) is 3.29. The third-order valence-electron chi connectivity index (χ3n) is 4.37. The zero-order valence-electron chi connectivity index (χ0n) is 10.4. The number of amides is 2. The number of carbonyl (C=O) groups is 2. The Kier molecular flexibility index (Phi) is 2.16. The Hall–Kier alpha value is -0.940. The van der Waals surface area contributed by atoms with Crippen molar-refractivity contribution in [1.82, 2.24) is 10.2 Å². The van der Waals surface area contributed by atoms with Gasteiger partial charge in [0.05, 0.1) is 17.6 Å². The number of ether oxygens (including phenoxy) is 1. The number of rotatable bonds is 0. The number of fused-ring (bicyclic) bond motifs is 3. The molecule has 1 N–H and O–H groups in total. The van der Waals surface area contributed by atoms with Gasteiger partial charge < -0.3 is 10.1 Å². The number of likely N-dealkylation sites (N-methyl/N-ethyl adjacent to an activating group) is 1. The van der Waals surface area contributed by atoms with E-state index in [4.69, 9.17) is 4.74 Å². The van der Waals surface area contributed by atoms with Crippen molar-refractivity contribution in [3.05, 3.63) is 0 Å². The maximum absolute atomic E-state index is 12.1. The molecular weight excluding hydrogens is 220 g/mol. The van der Waals surface area contributed by atoms with Gasteiger partial charge in [0.1, 0.15) is 0 Å². The van der Waals surface area contributed by atoms with E-state index in [2.05, 4.69) is 12.2 Å². The Morgan fingerprint density at radius 1 is 1.41 bits per heavy atom. The molecule has 5 nitrogen and oxygen atoms in total. The lowest BCUT2D eigenvalue weighted by Crippen LogP contribution is -2.57. The monoisotopic (exact) mass is 238 g/mol. The molecule has 0 aliphatic carbocycles. The smallest absolute Gasteiger partial charge is 0.258 e. The molecule has 94 valence electrons. The van der Waals surface area contributed by atoms with Crippen LogP contribution in [0.2, 0.25) is 0 Å². The molecule has 3 aliphatic heterocycles. The van der Waals surface area contributed by atoms with E-state index in [0.717, 1.165) is 13.0 Å². The highest BCUT2D eigenvalue weighted by Crippen LogP contribution is 2.45. The molecule has 0 aromatic rings. The average molecular weight is 238 g/mol. The van der Waals surface area contributed by atoms with Gasteiger partial charge in [-0.25, -0.2) is 0 Å². The van der Waals surface area contributed by atoms with E-state index in [-0.39, 0.29) is 29.4 Å². The lowest BCUT2D eigenvalue weighted by Gasteiger charge is -2.40. The minimum absolute atomic E-state index is 0.0231. The summed E-state index contributed by atoms with van der Waals surface area (Å²) in [6.45, 7) is 5.05. The number of piperidine rings is 1. The molecule has 1 unspecified atom stereocenters. The lowest BCUT2D eigenvalue weighted by atomic mass is 9.78. The van der Waals surface area contributed by atoms with E-state index < -0.39 is 6.10 Å². The maximum Gasteiger partial charge on any atom is 0.258 e. The summed E-state index contributed by atoms with van der Waals surface area (Å²) in [5.41, 5.74) is -0.375. The van der Waals surface area contributed by atoms with Crippen molar-refractivity contribution in [1.29, 1.82) is 0 Å². The molecule has 3 rings (SSSR count). The van der Waals surface area contributed by atoms with Crippen LogP contribution < -0.4 is 5.32 Å². The molecule has 0 aromatic carbocycles. The van der Waals surface area contributed by atoms with Crippen LogP contribution in [0.25, 0.3) is 0 Å². The van der Waals surface area contributed by atoms with Crippen LogP contribution in [0.15, 0.2) is 0 Å². The minimum Gasteiger partial charge on any atom is -0.360 e. The van der Waals surface area contributed by atoms with Crippen molar-refractivity contribution in [3.8, 4) is 0 Å². The maximum atomic E-state index is 12.1. The predicted octanol–water partition coefficient (Wildman–Crippen LogP) is -0.243. The summed E-state index contributed by atoms with van der Waals surface area (Å²) >= 11 is 0. The third kappa shape index (κ3) is 1.32. The van der Waals surface area contributed by atoms with Gasteiger partial charge in [0, 0.05) is 7.05 Å². The fraction of sp³-hybridized carbons (Fsp3) is 0.833. The van der Waals surface area contributed by atoms with Crippen LogP contribution in [0.1, 0.15) is 20.3 Å². The van der Waals surface area contributed by atoms with Crippen LogP contribution in [-0.2, 0) is 14.3 Å². The standard InChI is InChI=1S/C12H18N2O3/c1-6-4-12(2)9(13-5-6)7-8(17-12)11(16)14(3)10(7)15/h6-9,13H,4-5H2,1-3H3/t6?,7-,8-,9-,12-/m0/s1. The second-order valence-corrected chi connectivity index (χ2v) is 5.81. The van der Waals surface area contributed by atoms with E-state index in [1.165, 1.54) is 11.9 Å². The van der Waals surface area contributed by atoms with Gasteiger partial charge in [-0.15, -0.1) is 0 Å². The van der Waals surface area contributed by atoms with Crippen molar-refractivity contribution >= 4 is 11.8 Å². The van der Waals surface area contributed by atoms with Gasteiger partial charge >= 0.3 is 0 Å². The summed E-state index contributed by atoms with van der Waals surface area (Å²) in [6, 6.07) is -0.0231. The number of hydrogen-bond acceptors (Lipinski definition) is 4. The minimum atomic E-state index is -0.569. The molecule has 3 aliphatic rings. The molecule has 3 saturated heterocycles. The highest BCUT2D eigenvalue weighted by atomic mass is 16.5. The largest absolute Gasteiger partial charge is 0.360 e. The third-order valence-corrected chi connectivity index (χ3v) is 4.37. The molecule has 17 heavy (non-hydrogen) atoms. The van der Waals surface area contributed by atoms with E-state index in [9.17, 15) is 9.59 Å². The van der Waals surface area contributed by atoms with Crippen LogP contribution in [0.3, 0.4) is 0 Å². The average Bonchev–Trinajstić information content (AvgIpc) is 2.66. The first kappa shape index (κ1) is 11.2. The van der Waals surface area contributed by atoms with E-state index in [1.807, 2.05) is 6.92 Å². The summed E-state index contributed by atoms with van der Waals surface area (Å²) in [7, 11) is 1.54. The highest BCUT2D eigenvalue weighted by Gasteiger charge is 2.63. The summed E-state index contributed by atoms with van der Waals surface area (Å²) < 4.78 is 5.93. The van der Waals surface area contributed by atoms with Gasteiger partial charge in [-0.1, -0.05) is 6.92 Å². The summed E-state index contributed by atoms with van der Waals surface area (Å²) in [5, 5.41) is 3.39. The Morgan fingerprint density at radius 2 is 2.12 bits per heavy atom. The number of likely N-dealkylation sites (tertiary alicyclic amines) is 1. The first-order valence-electron chi connectivity index (χ1n) is 6.16. The van der Waals surface area contributed by atoms with Crippen molar-refractivity contribution < 1.29 is 14.3 Å². The molecule has 0 spiro atoms. The number of hydrogen-bond donors (Lipinski definition) is 1. The van der Waals surface area contributed by atoms with Gasteiger partial charge in [-0.2, -0.15) is 0 Å². The van der Waals surface area contributed by atoms with E-state index in [0.29, 0.717) is 5.92 Å². The van der Waals surface area contributed by atoms with E-state index in [1.54, 1.807) is 0 Å². The molecule has 5 heteroatoms. The Labute approximate surface area is 100 Å². The quantitative estimate of drug-likeness (QED) is 0.592. The number of carbonyl (C=O) groups excluding carboxylic acids is 2. The molecule has 3 heterocycles. The topological polar surface area (TPSA) is 58.6 Å². The van der Waals surface area contributed by atoms with Gasteiger partial charge in [-0.05, 0) is 25.8 Å².